The van der Waals surface area contributed by atoms with Crippen LogP contribution in [-0.4, -0.2) is 23.0 Å². The van der Waals surface area contributed by atoms with Gasteiger partial charge in [0.25, 0.3) is 0 Å². The van der Waals surface area contributed by atoms with E-state index >= 15 is 0 Å². The van der Waals surface area contributed by atoms with Crippen LogP contribution in [0, 0.1) is 6.92 Å². The van der Waals surface area contributed by atoms with Gasteiger partial charge in [-0.25, -0.2) is 4.98 Å². The molecule has 1 aliphatic rings. The van der Waals surface area contributed by atoms with Gasteiger partial charge in [-0.3, -0.25) is 4.79 Å². The maximum atomic E-state index is 12.3. The number of aryl methyl sites for hydroxylation is 1. The van der Waals surface area contributed by atoms with E-state index in [2.05, 4.69) is 22.4 Å². The van der Waals surface area contributed by atoms with Crippen molar-refractivity contribution in [2.24, 2.45) is 0 Å². The standard InChI is InChI=1S/C19H24N2O2S/c1-14-20-16(13-24-14)11-19(22)21-17-9-5-6-10-18(17)23-12-15-7-3-2-4-8-15/h2-4,7-8,13,17-18H,5-6,9-12H2,1H3,(H,21,22). The predicted molar refractivity (Wildman–Crippen MR) is 96.0 cm³/mol. The van der Waals surface area contributed by atoms with Crippen molar-refractivity contribution in [2.75, 3.05) is 0 Å². The second-order valence-electron chi connectivity index (χ2n) is 6.33. The SMILES string of the molecule is Cc1nc(CC(=O)NC2CCCCC2OCc2ccccc2)cs1. The minimum Gasteiger partial charge on any atom is -0.371 e. The third kappa shape index (κ3) is 4.89. The quantitative estimate of drug-likeness (QED) is 0.870. The molecule has 1 N–H and O–H groups in total. The summed E-state index contributed by atoms with van der Waals surface area (Å²) in [5.74, 6) is 0.0421. The summed E-state index contributed by atoms with van der Waals surface area (Å²) in [5.41, 5.74) is 2.03. The van der Waals surface area contributed by atoms with Crippen LogP contribution in [0.4, 0.5) is 0 Å². The molecule has 0 bridgehead atoms. The fourth-order valence-corrected chi connectivity index (χ4v) is 3.76. The number of rotatable bonds is 6. The number of carbonyl (C=O) groups excluding carboxylic acids is 1. The summed E-state index contributed by atoms with van der Waals surface area (Å²) in [4.78, 5) is 16.7. The first-order valence-corrected chi connectivity index (χ1v) is 9.44. The van der Waals surface area contributed by atoms with Gasteiger partial charge in [0.2, 0.25) is 5.91 Å². The van der Waals surface area contributed by atoms with Crippen LogP contribution in [0.25, 0.3) is 0 Å². The van der Waals surface area contributed by atoms with E-state index in [0.717, 1.165) is 36.4 Å². The molecule has 1 fully saturated rings. The molecule has 128 valence electrons. The van der Waals surface area contributed by atoms with Gasteiger partial charge in [-0.05, 0) is 25.3 Å². The van der Waals surface area contributed by atoms with E-state index in [-0.39, 0.29) is 18.1 Å². The molecule has 5 heteroatoms. The minimum atomic E-state index is 0.0421. The van der Waals surface area contributed by atoms with Crippen LogP contribution in [0.3, 0.4) is 0 Å². The Morgan fingerprint density at radius 2 is 2.08 bits per heavy atom. The average molecular weight is 344 g/mol. The second kappa shape index (κ2) is 8.40. The lowest BCUT2D eigenvalue weighted by Crippen LogP contribution is -2.46. The van der Waals surface area contributed by atoms with Crippen molar-refractivity contribution in [1.29, 1.82) is 0 Å². The molecule has 0 aliphatic heterocycles. The third-order valence-electron chi connectivity index (χ3n) is 4.36. The van der Waals surface area contributed by atoms with Crippen LogP contribution in [0.1, 0.15) is 41.9 Å². The topological polar surface area (TPSA) is 51.2 Å². The van der Waals surface area contributed by atoms with Gasteiger partial charge in [-0.15, -0.1) is 11.3 Å². The van der Waals surface area contributed by atoms with Gasteiger partial charge in [-0.2, -0.15) is 0 Å². The average Bonchev–Trinajstić information content (AvgIpc) is 3.00. The third-order valence-corrected chi connectivity index (χ3v) is 5.19. The summed E-state index contributed by atoms with van der Waals surface area (Å²) >= 11 is 1.58. The molecular formula is C19H24N2O2S. The highest BCUT2D eigenvalue weighted by atomic mass is 32.1. The molecule has 1 aromatic carbocycles. The number of hydrogen-bond acceptors (Lipinski definition) is 4. The molecule has 1 heterocycles. The maximum Gasteiger partial charge on any atom is 0.226 e. The maximum absolute atomic E-state index is 12.3. The first-order valence-electron chi connectivity index (χ1n) is 8.56. The number of ether oxygens (including phenoxy) is 1. The Morgan fingerprint density at radius 3 is 2.83 bits per heavy atom. The molecule has 0 radical (unpaired) electrons. The van der Waals surface area contributed by atoms with Crippen molar-refractivity contribution in [3.63, 3.8) is 0 Å². The van der Waals surface area contributed by atoms with Gasteiger partial charge < -0.3 is 10.1 Å². The van der Waals surface area contributed by atoms with E-state index in [4.69, 9.17) is 4.74 Å². The summed E-state index contributed by atoms with van der Waals surface area (Å²) in [6, 6.07) is 10.3. The molecule has 1 aromatic heterocycles. The molecule has 0 saturated heterocycles. The van der Waals surface area contributed by atoms with E-state index in [1.54, 1.807) is 11.3 Å². The van der Waals surface area contributed by atoms with E-state index in [0.29, 0.717) is 13.0 Å². The monoisotopic (exact) mass is 344 g/mol. The number of aromatic nitrogens is 1. The first kappa shape index (κ1) is 17.1. The molecule has 1 amide bonds. The second-order valence-corrected chi connectivity index (χ2v) is 7.39. The summed E-state index contributed by atoms with van der Waals surface area (Å²) in [7, 11) is 0. The number of hydrogen-bond donors (Lipinski definition) is 1. The van der Waals surface area contributed by atoms with Gasteiger partial charge >= 0.3 is 0 Å². The highest BCUT2D eigenvalue weighted by Crippen LogP contribution is 2.22. The van der Waals surface area contributed by atoms with Crippen LogP contribution in [0.2, 0.25) is 0 Å². The van der Waals surface area contributed by atoms with Gasteiger partial charge in [0.05, 0.1) is 35.9 Å². The number of amides is 1. The highest BCUT2D eigenvalue weighted by Gasteiger charge is 2.27. The fraction of sp³-hybridized carbons (Fsp3) is 0.474. The number of thiazole rings is 1. The lowest BCUT2D eigenvalue weighted by atomic mass is 9.92. The number of nitrogens with zero attached hydrogens (tertiary/aromatic N) is 1. The van der Waals surface area contributed by atoms with Crippen molar-refractivity contribution in [1.82, 2.24) is 10.3 Å². The molecule has 2 atom stereocenters. The van der Waals surface area contributed by atoms with E-state index in [1.165, 1.54) is 5.56 Å². The summed E-state index contributed by atoms with van der Waals surface area (Å²) in [6.07, 6.45) is 4.75. The lowest BCUT2D eigenvalue weighted by Gasteiger charge is -2.32. The predicted octanol–water partition coefficient (Wildman–Crippen LogP) is 3.64. The molecule has 0 spiro atoms. The fourth-order valence-electron chi connectivity index (χ4n) is 3.15. The minimum absolute atomic E-state index is 0.0421. The zero-order chi connectivity index (χ0) is 16.8. The Balaban J connectivity index is 1.52. The van der Waals surface area contributed by atoms with Crippen molar-refractivity contribution in [3.8, 4) is 0 Å². The number of nitrogens with one attached hydrogen (secondary N) is 1. The van der Waals surface area contributed by atoms with Crippen LogP contribution in [-0.2, 0) is 22.6 Å². The van der Waals surface area contributed by atoms with Crippen molar-refractivity contribution in [3.05, 3.63) is 52.0 Å². The smallest absolute Gasteiger partial charge is 0.226 e. The van der Waals surface area contributed by atoms with Gasteiger partial charge in [0, 0.05) is 5.38 Å². The molecule has 2 aromatic rings. The highest BCUT2D eigenvalue weighted by molar-refractivity contribution is 7.09. The van der Waals surface area contributed by atoms with Gasteiger partial charge in [-0.1, -0.05) is 43.2 Å². The van der Waals surface area contributed by atoms with E-state index in [1.807, 2.05) is 30.5 Å². The van der Waals surface area contributed by atoms with Crippen LogP contribution in [0.5, 0.6) is 0 Å². The Morgan fingerprint density at radius 1 is 1.29 bits per heavy atom. The van der Waals surface area contributed by atoms with Crippen molar-refractivity contribution >= 4 is 17.2 Å². The zero-order valence-corrected chi connectivity index (χ0v) is 14.8. The van der Waals surface area contributed by atoms with Gasteiger partial charge in [0.1, 0.15) is 0 Å². The Kier molecular flexibility index (Phi) is 5.99. The molecular weight excluding hydrogens is 320 g/mol. The molecule has 1 aliphatic carbocycles. The Labute approximate surface area is 147 Å². The molecule has 1 saturated carbocycles. The van der Waals surface area contributed by atoms with E-state index < -0.39 is 0 Å². The normalized spacial score (nSPS) is 20.7. The van der Waals surface area contributed by atoms with Crippen LogP contribution >= 0.6 is 11.3 Å². The molecule has 4 nitrogen and oxygen atoms in total. The Hall–Kier alpha value is -1.72. The van der Waals surface area contributed by atoms with Crippen LogP contribution in [0.15, 0.2) is 35.7 Å². The van der Waals surface area contributed by atoms with E-state index in [9.17, 15) is 4.79 Å². The molecule has 3 rings (SSSR count). The largest absolute Gasteiger partial charge is 0.371 e. The number of benzene rings is 1. The van der Waals surface area contributed by atoms with Crippen molar-refractivity contribution in [2.45, 2.75) is 57.8 Å². The van der Waals surface area contributed by atoms with Crippen LogP contribution < -0.4 is 5.32 Å². The van der Waals surface area contributed by atoms with Gasteiger partial charge in [0.15, 0.2) is 0 Å². The Bertz CT molecular complexity index is 656. The molecule has 24 heavy (non-hydrogen) atoms. The zero-order valence-electron chi connectivity index (χ0n) is 14.0. The summed E-state index contributed by atoms with van der Waals surface area (Å²) in [5, 5.41) is 6.12. The van der Waals surface area contributed by atoms with Crippen molar-refractivity contribution < 1.29 is 9.53 Å². The summed E-state index contributed by atoms with van der Waals surface area (Å²) in [6.45, 7) is 2.56. The molecule has 2 unspecified atom stereocenters. The first-order chi connectivity index (χ1) is 11.7. The lowest BCUT2D eigenvalue weighted by molar-refractivity contribution is -0.123. The summed E-state index contributed by atoms with van der Waals surface area (Å²) < 4.78 is 6.11. The number of carbonyl (C=O) groups is 1.